The van der Waals surface area contributed by atoms with Crippen molar-refractivity contribution in [3.05, 3.63) is 28.6 Å². The lowest BCUT2D eigenvalue weighted by Gasteiger charge is -1.95. The number of hydrogen-bond acceptors (Lipinski definition) is 2. The first-order chi connectivity index (χ1) is 5.68. The summed E-state index contributed by atoms with van der Waals surface area (Å²) in [5, 5.41) is 0.518. The Hall–Kier alpha value is -1.02. The van der Waals surface area contributed by atoms with E-state index < -0.39 is 0 Å². The average molecular weight is 182 g/mol. The van der Waals surface area contributed by atoms with Crippen LogP contribution in [0.3, 0.4) is 0 Å². The van der Waals surface area contributed by atoms with Gasteiger partial charge in [-0.25, -0.2) is 4.98 Å². The van der Waals surface area contributed by atoms with Gasteiger partial charge in [-0.05, 0) is 25.5 Å². The number of rotatable bonds is 0. The summed E-state index contributed by atoms with van der Waals surface area (Å²) in [5.41, 5.74) is 3.74. The Morgan fingerprint density at radius 2 is 2.08 bits per heavy atom. The largest absolute Gasteiger partial charge is 0.462 e. The molecule has 0 saturated heterocycles. The van der Waals surface area contributed by atoms with Gasteiger partial charge in [0.2, 0.25) is 0 Å². The molecule has 0 aromatic carbocycles. The fourth-order valence-corrected chi connectivity index (χ4v) is 1.49. The predicted molar refractivity (Wildman–Crippen MR) is 48.5 cm³/mol. The van der Waals surface area contributed by atoms with Crippen molar-refractivity contribution < 1.29 is 4.42 Å². The van der Waals surface area contributed by atoms with E-state index in [0.717, 1.165) is 22.2 Å². The van der Waals surface area contributed by atoms with Crippen molar-refractivity contribution >= 4 is 22.7 Å². The van der Waals surface area contributed by atoms with Crippen LogP contribution in [0.15, 0.2) is 16.7 Å². The highest BCUT2D eigenvalue weighted by Gasteiger charge is 2.06. The van der Waals surface area contributed by atoms with Crippen LogP contribution >= 0.6 is 11.6 Å². The zero-order valence-electron chi connectivity index (χ0n) is 6.89. The van der Waals surface area contributed by atoms with E-state index in [0.29, 0.717) is 5.15 Å². The van der Waals surface area contributed by atoms with Crippen LogP contribution in [0.4, 0.5) is 0 Å². The van der Waals surface area contributed by atoms with Crippen LogP contribution in [0.2, 0.25) is 5.15 Å². The standard InChI is InChI=1S/C9H8ClNO/c1-5-3-7(10)11-8-6(2)4-12-9(5)8/h3-4H,1-2H3. The van der Waals surface area contributed by atoms with Gasteiger partial charge >= 0.3 is 0 Å². The molecule has 0 radical (unpaired) electrons. The van der Waals surface area contributed by atoms with Gasteiger partial charge in [0.25, 0.3) is 0 Å². The number of aromatic nitrogens is 1. The third-order valence-corrected chi connectivity index (χ3v) is 2.05. The molecule has 2 aromatic rings. The molecule has 3 heteroatoms. The summed E-state index contributed by atoms with van der Waals surface area (Å²) in [4.78, 5) is 4.17. The normalized spacial score (nSPS) is 10.9. The maximum atomic E-state index is 5.80. The fraction of sp³-hybridized carbons (Fsp3) is 0.222. The van der Waals surface area contributed by atoms with Crippen LogP contribution in [0.5, 0.6) is 0 Å². The van der Waals surface area contributed by atoms with E-state index in [2.05, 4.69) is 4.98 Å². The molecule has 0 unspecified atom stereocenters. The molecule has 0 saturated carbocycles. The lowest BCUT2D eigenvalue weighted by atomic mass is 10.2. The average Bonchev–Trinajstić information content (AvgIpc) is 2.33. The molecule has 0 aliphatic heterocycles. The molecule has 0 atom stereocenters. The van der Waals surface area contributed by atoms with Crippen LogP contribution < -0.4 is 0 Å². The first-order valence-electron chi connectivity index (χ1n) is 3.69. The highest BCUT2D eigenvalue weighted by molar-refractivity contribution is 6.29. The van der Waals surface area contributed by atoms with E-state index in [1.807, 2.05) is 13.8 Å². The van der Waals surface area contributed by atoms with Gasteiger partial charge in [-0.1, -0.05) is 11.6 Å². The van der Waals surface area contributed by atoms with E-state index >= 15 is 0 Å². The van der Waals surface area contributed by atoms with E-state index in [1.54, 1.807) is 12.3 Å². The zero-order valence-corrected chi connectivity index (χ0v) is 7.64. The minimum absolute atomic E-state index is 0.518. The SMILES string of the molecule is Cc1coc2c(C)cc(Cl)nc12. The maximum Gasteiger partial charge on any atom is 0.155 e. The van der Waals surface area contributed by atoms with Gasteiger partial charge in [-0.15, -0.1) is 0 Å². The Morgan fingerprint density at radius 1 is 1.33 bits per heavy atom. The van der Waals surface area contributed by atoms with Crippen LogP contribution in [-0.2, 0) is 0 Å². The fourth-order valence-electron chi connectivity index (χ4n) is 1.24. The van der Waals surface area contributed by atoms with Gasteiger partial charge in [-0.2, -0.15) is 0 Å². The third-order valence-electron chi connectivity index (χ3n) is 1.85. The molecule has 2 nitrogen and oxygen atoms in total. The molecular formula is C9H8ClNO. The quantitative estimate of drug-likeness (QED) is 0.584. The van der Waals surface area contributed by atoms with Crippen molar-refractivity contribution in [3.8, 4) is 0 Å². The number of nitrogens with zero attached hydrogens (tertiary/aromatic N) is 1. The number of halogens is 1. The summed E-state index contributed by atoms with van der Waals surface area (Å²) in [6.07, 6.45) is 1.70. The van der Waals surface area contributed by atoms with Crippen molar-refractivity contribution in [2.75, 3.05) is 0 Å². The Kier molecular flexibility index (Phi) is 1.58. The van der Waals surface area contributed by atoms with E-state index in [9.17, 15) is 0 Å². The van der Waals surface area contributed by atoms with Crippen LogP contribution in [-0.4, -0.2) is 4.98 Å². The molecule has 0 bridgehead atoms. The second-order valence-corrected chi connectivity index (χ2v) is 3.25. The summed E-state index contributed by atoms with van der Waals surface area (Å²) in [6, 6.07) is 1.80. The monoisotopic (exact) mass is 181 g/mol. The Balaban J connectivity index is 2.92. The smallest absolute Gasteiger partial charge is 0.155 e. The molecule has 0 aliphatic rings. The molecular weight excluding hydrogens is 174 g/mol. The van der Waals surface area contributed by atoms with Gasteiger partial charge in [-0.3, -0.25) is 0 Å². The van der Waals surface area contributed by atoms with E-state index in [1.165, 1.54) is 0 Å². The molecule has 2 aromatic heterocycles. The highest BCUT2D eigenvalue weighted by atomic mass is 35.5. The van der Waals surface area contributed by atoms with Crippen molar-refractivity contribution in [1.29, 1.82) is 0 Å². The first-order valence-corrected chi connectivity index (χ1v) is 4.07. The first kappa shape index (κ1) is 7.62. The topological polar surface area (TPSA) is 26.0 Å². The second kappa shape index (κ2) is 2.49. The number of hydrogen-bond donors (Lipinski definition) is 0. The predicted octanol–water partition coefficient (Wildman–Crippen LogP) is 3.10. The van der Waals surface area contributed by atoms with Crippen molar-refractivity contribution in [1.82, 2.24) is 4.98 Å². The number of furan rings is 1. The third kappa shape index (κ3) is 0.994. The minimum Gasteiger partial charge on any atom is -0.462 e. The lowest BCUT2D eigenvalue weighted by Crippen LogP contribution is -1.81. The Bertz CT molecular complexity index is 433. The maximum absolute atomic E-state index is 5.80. The van der Waals surface area contributed by atoms with Crippen LogP contribution in [0, 0.1) is 13.8 Å². The number of pyridine rings is 1. The van der Waals surface area contributed by atoms with Gasteiger partial charge in [0.1, 0.15) is 10.7 Å². The van der Waals surface area contributed by atoms with E-state index in [-0.39, 0.29) is 0 Å². The van der Waals surface area contributed by atoms with Gasteiger partial charge < -0.3 is 4.42 Å². The lowest BCUT2D eigenvalue weighted by molar-refractivity contribution is 0.610. The van der Waals surface area contributed by atoms with Crippen molar-refractivity contribution in [2.24, 2.45) is 0 Å². The second-order valence-electron chi connectivity index (χ2n) is 2.86. The van der Waals surface area contributed by atoms with Crippen LogP contribution in [0.1, 0.15) is 11.1 Å². The highest BCUT2D eigenvalue weighted by Crippen LogP contribution is 2.23. The van der Waals surface area contributed by atoms with Crippen molar-refractivity contribution in [2.45, 2.75) is 13.8 Å². The molecule has 2 rings (SSSR count). The molecule has 0 N–H and O–H groups in total. The summed E-state index contributed by atoms with van der Waals surface area (Å²) < 4.78 is 5.31. The molecule has 0 fully saturated rings. The zero-order chi connectivity index (χ0) is 8.72. The van der Waals surface area contributed by atoms with Gasteiger partial charge in [0, 0.05) is 5.56 Å². The summed E-state index contributed by atoms with van der Waals surface area (Å²) in [7, 11) is 0. The Labute approximate surface area is 75.2 Å². The van der Waals surface area contributed by atoms with Crippen molar-refractivity contribution in [3.63, 3.8) is 0 Å². The molecule has 62 valence electrons. The summed E-state index contributed by atoms with van der Waals surface area (Å²) in [5.74, 6) is 0. The molecule has 0 spiro atoms. The van der Waals surface area contributed by atoms with Gasteiger partial charge in [0.15, 0.2) is 5.58 Å². The minimum atomic E-state index is 0.518. The number of fused-ring (bicyclic) bond motifs is 1. The summed E-state index contributed by atoms with van der Waals surface area (Å²) in [6.45, 7) is 3.91. The molecule has 0 aliphatic carbocycles. The molecule has 12 heavy (non-hydrogen) atoms. The van der Waals surface area contributed by atoms with E-state index in [4.69, 9.17) is 16.0 Å². The Morgan fingerprint density at radius 3 is 2.83 bits per heavy atom. The summed E-state index contributed by atoms with van der Waals surface area (Å²) >= 11 is 5.80. The van der Waals surface area contributed by atoms with Gasteiger partial charge in [0.05, 0.1) is 6.26 Å². The number of aryl methyl sites for hydroxylation is 2. The molecule has 2 heterocycles. The molecule has 0 amide bonds. The van der Waals surface area contributed by atoms with Crippen LogP contribution in [0.25, 0.3) is 11.1 Å².